The molecule has 32 heavy (non-hydrogen) atoms. The number of rotatable bonds is 10. The summed E-state index contributed by atoms with van der Waals surface area (Å²) in [7, 11) is -3.23. The summed E-state index contributed by atoms with van der Waals surface area (Å²) in [5.74, 6) is 0.284. The van der Waals surface area contributed by atoms with E-state index in [1.54, 1.807) is 0 Å². The van der Waals surface area contributed by atoms with Crippen LogP contribution in [0.4, 0.5) is 5.82 Å². The van der Waals surface area contributed by atoms with E-state index in [2.05, 4.69) is 14.7 Å². The number of carbonyl (C=O) groups excluding carboxylic acids is 1. The van der Waals surface area contributed by atoms with Gasteiger partial charge in [-0.3, -0.25) is 4.79 Å². The second-order valence-electron chi connectivity index (χ2n) is 8.14. The second kappa shape index (κ2) is 9.80. The summed E-state index contributed by atoms with van der Waals surface area (Å²) in [6.45, 7) is 4.53. The maximum Gasteiger partial charge on any atom is 0.323 e. The van der Waals surface area contributed by atoms with Gasteiger partial charge in [0.25, 0.3) is 0 Å². The molecule has 1 atom stereocenters. The van der Waals surface area contributed by atoms with E-state index in [0.717, 1.165) is 22.7 Å². The Balaban J connectivity index is 1.92. The van der Waals surface area contributed by atoms with Gasteiger partial charge in [0.05, 0.1) is 17.3 Å². The van der Waals surface area contributed by atoms with E-state index in [-0.39, 0.29) is 12.5 Å². The van der Waals surface area contributed by atoms with E-state index in [0.29, 0.717) is 43.1 Å². The number of anilines is 1. The van der Waals surface area contributed by atoms with Crippen molar-refractivity contribution in [3.8, 4) is 0 Å². The Bertz CT molecular complexity index is 1220. The number of unbranched alkanes of at least 4 members (excludes halogenated alkanes) is 1. The number of nitrogens with one attached hydrogen (secondary N) is 1. The molecule has 5 N–H and O–H groups in total. The van der Waals surface area contributed by atoms with Gasteiger partial charge in [-0.25, -0.2) is 23.1 Å². The number of nitrogens with two attached hydrogens (primary N) is 2. The fourth-order valence-corrected chi connectivity index (χ4v) is 3.93. The van der Waals surface area contributed by atoms with E-state index < -0.39 is 22.0 Å². The Hall–Kier alpha value is -2.76. The maximum absolute atomic E-state index is 12.3. The van der Waals surface area contributed by atoms with Gasteiger partial charge in [0.1, 0.15) is 24.0 Å². The molecule has 0 aliphatic heterocycles. The van der Waals surface area contributed by atoms with Crippen LogP contribution in [0, 0.1) is 5.92 Å². The second-order valence-corrected chi connectivity index (χ2v) is 9.98. The standard InChI is InChI=1S/C21H30N6O4S/c1-13(2)17(22)21(28)31-12-16-26-18-19(14-8-4-5-9-15(14)25-20(18)23)27(16)11-7-6-10-24-32(3,29)30/h4-5,8-9,13,17,24H,6-7,10-12,22H2,1-3H3,(H2,23,25)/t17-/m0/s1. The van der Waals surface area contributed by atoms with Crippen molar-refractivity contribution in [3.05, 3.63) is 30.1 Å². The molecule has 0 fully saturated rings. The Kier molecular flexibility index (Phi) is 7.32. The number of aryl methyl sites for hydroxylation is 1. The van der Waals surface area contributed by atoms with Crippen LogP contribution in [0.5, 0.6) is 0 Å². The highest BCUT2D eigenvalue weighted by atomic mass is 32.2. The van der Waals surface area contributed by atoms with Crippen molar-refractivity contribution in [3.63, 3.8) is 0 Å². The third kappa shape index (κ3) is 5.53. The molecule has 0 amide bonds. The minimum Gasteiger partial charge on any atom is -0.456 e. The van der Waals surface area contributed by atoms with Crippen molar-refractivity contribution in [1.82, 2.24) is 19.3 Å². The van der Waals surface area contributed by atoms with Gasteiger partial charge in [-0.1, -0.05) is 32.0 Å². The number of imidazole rings is 1. The molecule has 0 spiro atoms. The number of fused-ring (bicyclic) bond motifs is 3. The molecular weight excluding hydrogens is 432 g/mol. The first-order valence-corrected chi connectivity index (χ1v) is 12.4. The summed E-state index contributed by atoms with van der Waals surface area (Å²) >= 11 is 0. The molecule has 0 bridgehead atoms. The fourth-order valence-electron chi connectivity index (χ4n) is 3.41. The number of pyridine rings is 1. The summed E-state index contributed by atoms with van der Waals surface area (Å²) in [6.07, 6.45) is 2.44. The fraction of sp³-hybridized carbons (Fsp3) is 0.476. The zero-order valence-corrected chi connectivity index (χ0v) is 19.4. The lowest BCUT2D eigenvalue weighted by atomic mass is 10.1. The Morgan fingerprint density at radius 3 is 2.62 bits per heavy atom. The first kappa shape index (κ1) is 23.9. The quantitative estimate of drug-likeness (QED) is 0.302. The lowest BCUT2D eigenvalue weighted by Crippen LogP contribution is -2.37. The first-order valence-electron chi connectivity index (χ1n) is 10.5. The van der Waals surface area contributed by atoms with Gasteiger partial charge in [-0.15, -0.1) is 0 Å². The highest BCUT2D eigenvalue weighted by Gasteiger charge is 2.22. The van der Waals surface area contributed by atoms with Crippen molar-refractivity contribution in [2.24, 2.45) is 11.7 Å². The number of hydrogen-bond acceptors (Lipinski definition) is 8. The van der Waals surface area contributed by atoms with Crippen LogP contribution in [0.25, 0.3) is 21.9 Å². The molecule has 10 nitrogen and oxygen atoms in total. The lowest BCUT2D eigenvalue weighted by Gasteiger charge is -2.15. The molecule has 0 saturated carbocycles. The molecule has 11 heteroatoms. The third-order valence-corrected chi connectivity index (χ3v) is 5.92. The highest BCUT2D eigenvalue weighted by Crippen LogP contribution is 2.29. The number of nitrogen functional groups attached to an aromatic ring is 1. The number of nitrogens with zero attached hydrogens (tertiary/aromatic N) is 3. The van der Waals surface area contributed by atoms with Crippen LogP contribution in [-0.2, 0) is 32.7 Å². The van der Waals surface area contributed by atoms with Crippen LogP contribution in [0.3, 0.4) is 0 Å². The minimum atomic E-state index is -3.23. The average molecular weight is 463 g/mol. The molecular formula is C21H30N6O4S. The average Bonchev–Trinajstić information content (AvgIpc) is 3.09. The SMILES string of the molecule is CC(C)[C@H](N)C(=O)OCc1nc2c(N)nc3ccccc3c2n1CCCCNS(C)(=O)=O. The number of benzene rings is 1. The van der Waals surface area contributed by atoms with Crippen molar-refractivity contribution in [2.75, 3.05) is 18.5 Å². The number of para-hydroxylation sites is 1. The molecule has 0 saturated heterocycles. The van der Waals surface area contributed by atoms with Gasteiger partial charge < -0.3 is 20.8 Å². The Morgan fingerprint density at radius 2 is 1.94 bits per heavy atom. The molecule has 1 aromatic carbocycles. The molecule has 0 aliphatic rings. The lowest BCUT2D eigenvalue weighted by molar-refractivity contribution is -0.147. The van der Waals surface area contributed by atoms with Crippen LogP contribution in [-0.4, -0.2) is 47.8 Å². The van der Waals surface area contributed by atoms with Crippen molar-refractivity contribution >= 4 is 43.7 Å². The molecule has 2 heterocycles. The first-order chi connectivity index (χ1) is 15.1. The summed E-state index contributed by atoms with van der Waals surface area (Å²) < 4.78 is 32.5. The number of sulfonamides is 1. The van der Waals surface area contributed by atoms with Gasteiger partial charge >= 0.3 is 5.97 Å². The predicted molar refractivity (Wildman–Crippen MR) is 124 cm³/mol. The zero-order valence-electron chi connectivity index (χ0n) is 18.5. The van der Waals surface area contributed by atoms with Crippen molar-refractivity contribution < 1.29 is 17.9 Å². The highest BCUT2D eigenvalue weighted by molar-refractivity contribution is 7.88. The number of esters is 1. The molecule has 3 aromatic rings. The summed E-state index contributed by atoms with van der Waals surface area (Å²) in [6, 6.07) is 6.89. The number of ether oxygens (including phenoxy) is 1. The summed E-state index contributed by atoms with van der Waals surface area (Å²) in [5.41, 5.74) is 14.2. The molecule has 0 unspecified atom stereocenters. The number of aromatic nitrogens is 3. The van der Waals surface area contributed by atoms with E-state index >= 15 is 0 Å². The Morgan fingerprint density at radius 1 is 1.22 bits per heavy atom. The molecule has 0 radical (unpaired) electrons. The van der Waals surface area contributed by atoms with Gasteiger partial charge in [-0.05, 0) is 24.8 Å². The molecule has 3 rings (SSSR count). The van der Waals surface area contributed by atoms with Gasteiger partial charge in [0.2, 0.25) is 10.0 Å². The number of carbonyl (C=O) groups is 1. The summed E-state index contributed by atoms with van der Waals surface area (Å²) in [4.78, 5) is 21.3. The van der Waals surface area contributed by atoms with Gasteiger partial charge in [0.15, 0.2) is 5.82 Å². The predicted octanol–water partition coefficient (Wildman–Crippen LogP) is 1.52. The van der Waals surface area contributed by atoms with Crippen LogP contribution in [0.15, 0.2) is 24.3 Å². The van der Waals surface area contributed by atoms with Gasteiger partial charge in [-0.2, -0.15) is 0 Å². The topological polar surface area (TPSA) is 155 Å². The van der Waals surface area contributed by atoms with Crippen LogP contribution < -0.4 is 16.2 Å². The van der Waals surface area contributed by atoms with Crippen molar-refractivity contribution in [2.45, 2.75) is 45.9 Å². The van der Waals surface area contributed by atoms with Gasteiger partial charge in [0, 0.05) is 18.5 Å². The zero-order chi connectivity index (χ0) is 23.5. The normalized spacial score (nSPS) is 13.2. The van der Waals surface area contributed by atoms with E-state index in [4.69, 9.17) is 16.2 Å². The van der Waals surface area contributed by atoms with Crippen LogP contribution >= 0.6 is 0 Å². The maximum atomic E-state index is 12.3. The molecule has 174 valence electrons. The van der Waals surface area contributed by atoms with E-state index in [1.807, 2.05) is 42.7 Å². The van der Waals surface area contributed by atoms with Crippen molar-refractivity contribution in [1.29, 1.82) is 0 Å². The monoisotopic (exact) mass is 462 g/mol. The van der Waals surface area contributed by atoms with Crippen LogP contribution in [0.1, 0.15) is 32.5 Å². The number of hydrogen-bond donors (Lipinski definition) is 3. The van der Waals surface area contributed by atoms with Crippen LogP contribution in [0.2, 0.25) is 0 Å². The molecule has 0 aliphatic carbocycles. The smallest absolute Gasteiger partial charge is 0.323 e. The summed E-state index contributed by atoms with van der Waals surface area (Å²) in [5, 5.41) is 0.884. The largest absolute Gasteiger partial charge is 0.456 e. The van der Waals surface area contributed by atoms with E-state index in [1.165, 1.54) is 0 Å². The molecule has 2 aromatic heterocycles. The minimum absolute atomic E-state index is 0.0487. The van der Waals surface area contributed by atoms with E-state index in [9.17, 15) is 13.2 Å². The Labute approximate surface area is 187 Å². The third-order valence-electron chi connectivity index (χ3n) is 5.20.